The van der Waals surface area contributed by atoms with Gasteiger partial charge in [-0.2, -0.15) is 10.2 Å². The summed E-state index contributed by atoms with van der Waals surface area (Å²) in [6.07, 6.45) is 1.98. The molecule has 2 N–H and O–H groups in total. The molecule has 0 bridgehead atoms. The molecular weight excluding hydrogens is 619 g/mol. The summed E-state index contributed by atoms with van der Waals surface area (Å²) in [5.41, 5.74) is 0.878. The summed E-state index contributed by atoms with van der Waals surface area (Å²) >= 11 is 0. The van der Waals surface area contributed by atoms with Crippen LogP contribution in [0.1, 0.15) is 33.4 Å². The van der Waals surface area contributed by atoms with Gasteiger partial charge >= 0.3 is 13.7 Å². The highest BCUT2D eigenvalue weighted by Gasteiger charge is 2.62. The van der Waals surface area contributed by atoms with Crippen molar-refractivity contribution in [2.75, 3.05) is 20.3 Å². The van der Waals surface area contributed by atoms with Gasteiger partial charge in [0.25, 0.3) is 0 Å². The zero-order chi connectivity index (χ0) is 32.6. The zero-order valence-corrected chi connectivity index (χ0v) is 27.0. The first-order chi connectivity index (χ1) is 22.0. The van der Waals surface area contributed by atoms with Gasteiger partial charge in [0.1, 0.15) is 41.6 Å². The summed E-state index contributed by atoms with van der Waals surface area (Å²) in [6, 6.07) is 9.24. The molecule has 5 heterocycles. The van der Waals surface area contributed by atoms with Crippen molar-refractivity contribution in [3.63, 3.8) is 0 Å². The lowest BCUT2D eigenvalue weighted by molar-refractivity contribution is -0.225. The van der Waals surface area contributed by atoms with E-state index in [1.165, 1.54) is 20.4 Å². The maximum atomic E-state index is 14.1. The highest BCUT2D eigenvalue weighted by Crippen LogP contribution is 2.52. The molecule has 1 aromatic carbocycles. The van der Waals surface area contributed by atoms with Gasteiger partial charge in [-0.15, -0.1) is 0 Å². The number of hydrogen-bond acceptors (Lipinski definition) is 12. The van der Waals surface area contributed by atoms with Crippen molar-refractivity contribution in [2.45, 2.75) is 63.4 Å². The Morgan fingerprint density at radius 1 is 1.22 bits per heavy atom. The second-order valence-corrected chi connectivity index (χ2v) is 13.1. The molecule has 2 aliphatic heterocycles. The number of para-hydroxylation sites is 1. The number of benzene rings is 1. The monoisotopic (exact) mass is 656 g/mol. The Balaban J connectivity index is 1.30. The number of aryl methyl sites for hydroxylation is 1. The summed E-state index contributed by atoms with van der Waals surface area (Å²) in [7, 11) is -0.870. The minimum absolute atomic E-state index is 0.252. The van der Waals surface area contributed by atoms with Crippen molar-refractivity contribution in [1.82, 2.24) is 29.4 Å². The lowest BCUT2D eigenvalue weighted by Crippen LogP contribution is -2.56. The maximum absolute atomic E-state index is 14.1. The number of nitrogens with zero attached hydrogens (tertiary/aromatic N) is 5. The molecular formula is C30H37N6O9P. The number of carbonyl (C=O) groups excluding carboxylic acids is 1. The molecule has 6 atom stereocenters. The Morgan fingerprint density at radius 2 is 1.98 bits per heavy atom. The summed E-state index contributed by atoms with van der Waals surface area (Å²) in [4.78, 5) is 21.4. The number of carbonyl (C=O) groups is 1. The van der Waals surface area contributed by atoms with E-state index >= 15 is 0 Å². The van der Waals surface area contributed by atoms with Gasteiger partial charge < -0.3 is 33.1 Å². The van der Waals surface area contributed by atoms with Crippen molar-refractivity contribution < 1.29 is 42.5 Å². The molecule has 46 heavy (non-hydrogen) atoms. The Kier molecular flexibility index (Phi) is 8.89. The topological polar surface area (TPSA) is 170 Å². The fourth-order valence-corrected chi connectivity index (χ4v) is 7.24. The normalized spacial score (nSPS) is 24.5. The van der Waals surface area contributed by atoms with E-state index in [4.69, 9.17) is 28.0 Å². The molecule has 2 saturated heterocycles. The average molecular weight is 657 g/mol. The van der Waals surface area contributed by atoms with Crippen LogP contribution in [0.3, 0.4) is 0 Å². The second kappa shape index (κ2) is 12.7. The van der Waals surface area contributed by atoms with Gasteiger partial charge in [0.2, 0.25) is 5.88 Å². The highest BCUT2D eigenvalue weighted by molar-refractivity contribution is 7.52. The van der Waals surface area contributed by atoms with Crippen molar-refractivity contribution in [2.24, 2.45) is 7.05 Å². The SMILES string of the molecule is COc1ncnc2c1c(-c1ccnn1C)cn2[C@@H]1O[C@H](COP(=O)(N[C@@H](C)C(=O)OC(C)C)Oc2ccccc2)[C@@H](O)[C@]12CCO2. The first-order valence-electron chi connectivity index (χ1n) is 14.9. The smallest absolute Gasteiger partial charge is 0.459 e. The van der Waals surface area contributed by atoms with Gasteiger partial charge in [-0.25, -0.2) is 14.5 Å². The van der Waals surface area contributed by atoms with Crippen LogP contribution in [0.5, 0.6) is 11.6 Å². The fourth-order valence-electron chi connectivity index (χ4n) is 5.74. The molecule has 2 aliphatic rings. The van der Waals surface area contributed by atoms with E-state index in [1.807, 2.05) is 19.3 Å². The van der Waals surface area contributed by atoms with Crippen LogP contribution in [0, 0.1) is 0 Å². The molecule has 6 rings (SSSR count). The number of aliphatic hydroxyl groups is 1. The number of rotatable bonds is 12. The third-order valence-corrected chi connectivity index (χ3v) is 9.63. The van der Waals surface area contributed by atoms with Gasteiger partial charge in [0.15, 0.2) is 6.23 Å². The van der Waals surface area contributed by atoms with E-state index in [0.29, 0.717) is 29.9 Å². The third kappa shape index (κ3) is 5.90. The molecule has 1 unspecified atom stereocenters. The van der Waals surface area contributed by atoms with Crippen LogP contribution in [-0.4, -0.2) is 85.7 Å². The Morgan fingerprint density at radius 3 is 2.61 bits per heavy atom. The summed E-state index contributed by atoms with van der Waals surface area (Å²) in [6.45, 7) is 4.96. The quantitative estimate of drug-likeness (QED) is 0.168. The lowest BCUT2D eigenvalue weighted by atomic mass is 9.86. The fraction of sp³-hybridized carbons (Fsp3) is 0.467. The van der Waals surface area contributed by atoms with Crippen LogP contribution in [0.2, 0.25) is 0 Å². The van der Waals surface area contributed by atoms with E-state index in [2.05, 4.69) is 20.2 Å². The van der Waals surface area contributed by atoms with Gasteiger partial charge in [-0.3, -0.25) is 14.0 Å². The summed E-state index contributed by atoms with van der Waals surface area (Å²) in [5, 5.41) is 19.2. The Labute approximate surface area is 265 Å². The predicted molar refractivity (Wildman–Crippen MR) is 164 cm³/mol. The van der Waals surface area contributed by atoms with Crippen molar-refractivity contribution in [1.29, 1.82) is 0 Å². The van der Waals surface area contributed by atoms with E-state index in [1.54, 1.807) is 59.6 Å². The van der Waals surface area contributed by atoms with Crippen LogP contribution in [0.15, 0.2) is 55.1 Å². The summed E-state index contributed by atoms with van der Waals surface area (Å²) in [5.74, 6) is -0.0183. The van der Waals surface area contributed by atoms with E-state index in [0.717, 1.165) is 11.3 Å². The van der Waals surface area contributed by atoms with Gasteiger partial charge in [0, 0.05) is 31.4 Å². The van der Waals surface area contributed by atoms with Crippen LogP contribution in [0.25, 0.3) is 22.3 Å². The highest BCUT2D eigenvalue weighted by atomic mass is 31.2. The molecule has 246 valence electrons. The molecule has 0 radical (unpaired) electrons. The molecule has 3 aromatic heterocycles. The third-order valence-electron chi connectivity index (χ3n) is 7.99. The molecule has 2 fully saturated rings. The number of methoxy groups -OCH3 is 1. The molecule has 0 amide bonds. The number of ether oxygens (including phenoxy) is 4. The van der Waals surface area contributed by atoms with Gasteiger partial charge in [-0.1, -0.05) is 18.2 Å². The van der Waals surface area contributed by atoms with Gasteiger partial charge in [0.05, 0.1) is 37.5 Å². The summed E-state index contributed by atoms with van der Waals surface area (Å²) < 4.78 is 52.6. The zero-order valence-electron chi connectivity index (χ0n) is 26.1. The van der Waals surface area contributed by atoms with Crippen LogP contribution in [0.4, 0.5) is 0 Å². The first kappa shape index (κ1) is 32.1. The minimum Gasteiger partial charge on any atom is -0.480 e. The van der Waals surface area contributed by atoms with E-state index < -0.39 is 43.8 Å². The predicted octanol–water partition coefficient (Wildman–Crippen LogP) is 3.39. The van der Waals surface area contributed by atoms with E-state index in [-0.39, 0.29) is 18.5 Å². The van der Waals surface area contributed by atoms with Crippen LogP contribution >= 0.6 is 7.75 Å². The maximum Gasteiger partial charge on any atom is 0.459 e. The number of aromatic nitrogens is 5. The van der Waals surface area contributed by atoms with Crippen molar-refractivity contribution in [3.8, 4) is 22.9 Å². The second-order valence-electron chi connectivity index (χ2n) is 11.4. The molecule has 16 heteroatoms. The standard InChI is InChI=1S/C30H37N6O9P/c1-18(2)43-28(38)19(3)34-46(39,45-20-9-7-6-8-10-20)42-16-23-25(37)30(12-14-41-30)29(44-23)36-15-21(22-11-13-33-35(22)4)24-26(36)31-17-32-27(24)40-5/h6-11,13,15,17-19,23,25,29,37H,12,14,16H2,1-5H3,(H,34,39)/t19-,23+,25+,29+,30+,46?/m0/s1. The number of nitrogens with one attached hydrogen (secondary N) is 1. The molecule has 1 spiro atoms. The Bertz CT molecular complexity index is 1740. The van der Waals surface area contributed by atoms with Gasteiger partial charge in [-0.05, 0) is 39.0 Å². The number of fused-ring (bicyclic) bond motifs is 1. The van der Waals surface area contributed by atoms with Crippen LogP contribution < -0.4 is 14.3 Å². The molecule has 0 aliphatic carbocycles. The Hall–Kier alpha value is -3.85. The largest absolute Gasteiger partial charge is 0.480 e. The number of aliphatic hydroxyl groups excluding tert-OH is 1. The molecule has 0 saturated carbocycles. The van der Waals surface area contributed by atoms with E-state index in [9.17, 15) is 14.5 Å². The van der Waals surface area contributed by atoms with Crippen molar-refractivity contribution >= 4 is 24.7 Å². The average Bonchev–Trinajstić information content (AvgIpc) is 3.68. The lowest BCUT2D eigenvalue weighted by Gasteiger charge is -2.44. The molecule has 4 aromatic rings. The first-order valence-corrected chi connectivity index (χ1v) is 16.4. The van der Waals surface area contributed by atoms with Crippen molar-refractivity contribution in [3.05, 3.63) is 55.1 Å². The molecule has 15 nitrogen and oxygen atoms in total. The number of hydrogen-bond donors (Lipinski definition) is 2. The number of esters is 1. The minimum atomic E-state index is -4.22. The van der Waals surface area contributed by atoms with Crippen LogP contribution in [-0.2, 0) is 35.1 Å².